The topological polar surface area (TPSA) is 39.1 Å². The average Bonchev–Trinajstić information content (AvgIpc) is 2.79. The summed E-state index contributed by atoms with van der Waals surface area (Å²) in [7, 11) is 1.75. The second-order valence-electron chi connectivity index (χ2n) is 4.38. The minimum Gasteiger partial charge on any atom is -0.385 e. The fourth-order valence-corrected chi connectivity index (χ4v) is 2.35. The van der Waals surface area contributed by atoms with Crippen LogP contribution in [0.1, 0.15) is 30.9 Å². The highest BCUT2D eigenvalue weighted by Crippen LogP contribution is 2.24. The maximum absolute atomic E-state index is 5.08. The molecule has 1 N–H and O–H groups in total. The van der Waals surface area contributed by atoms with Crippen molar-refractivity contribution in [2.75, 3.05) is 26.8 Å². The van der Waals surface area contributed by atoms with Gasteiger partial charge in [0.05, 0.1) is 6.33 Å². The standard InChI is InChI=1S/C12H21N3O/c1-16-8-2-7-15-10-14-9-12(15)11-3-5-13-6-4-11/h9-11,13H,2-8H2,1H3. The largest absolute Gasteiger partial charge is 0.385 e. The van der Waals surface area contributed by atoms with Gasteiger partial charge in [-0.15, -0.1) is 0 Å². The third-order valence-electron chi connectivity index (χ3n) is 3.25. The molecule has 1 aliphatic heterocycles. The normalized spacial score (nSPS) is 17.8. The van der Waals surface area contributed by atoms with Gasteiger partial charge < -0.3 is 14.6 Å². The molecule has 0 unspecified atom stereocenters. The summed E-state index contributed by atoms with van der Waals surface area (Å²) in [5.41, 5.74) is 1.40. The highest BCUT2D eigenvalue weighted by Gasteiger charge is 2.18. The molecule has 0 atom stereocenters. The summed E-state index contributed by atoms with van der Waals surface area (Å²) in [5, 5.41) is 3.40. The Kier molecular flexibility index (Phi) is 4.36. The van der Waals surface area contributed by atoms with Crippen LogP contribution in [-0.4, -0.2) is 36.4 Å². The van der Waals surface area contributed by atoms with Crippen LogP contribution >= 0.6 is 0 Å². The molecule has 1 aromatic rings. The van der Waals surface area contributed by atoms with E-state index in [0.29, 0.717) is 5.92 Å². The lowest BCUT2D eigenvalue weighted by Crippen LogP contribution is -2.27. The smallest absolute Gasteiger partial charge is 0.0948 e. The number of methoxy groups -OCH3 is 1. The highest BCUT2D eigenvalue weighted by atomic mass is 16.5. The van der Waals surface area contributed by atoms with Gasteiger partial charge in [-0.1, -0.05) is 0 Å². The van der Waals surface area contributed by atoms with Crippen molar-refractivity contribution < 1.29 is 4.74 Å². The van der Waals surface area contributed by atoms with Crippen molar-refractivity contribution in [3.63, 3.8) is 0 Å². The predicted molar refractivity (Wildman–Crippen MR) is 63.6 cm³/mol. The van der Waals surface area contributed by atoms with Crippen LogP contribution in [0.15, 0.2) is 12.5 Å². The van der Waals surface area contributed by atoms with Gasteiger partial charge in [-0.3, -0.25) is 0 Å². The van der Waals surface area contributed by atoms with E-state index in [0.717, 1.165) is 32.7 Å². The molecule has 2 heterocycles. The van der Waals surface area contributed by atoms with Crippen LogP contribution in [0.4, 0.5) is 0 Å². The van der Waals surface area contributed by atoms with Crippen molar-refractivity contribution in [2.45, 2.75) is 31.7 Å². The Morgan fingerprint density at radius 3 is 3.06 bits per heavy atom. The van der Waals surface area contributed by atoms with Crippen molar-refractivity contribution in [3.8, 4) is 0 Å². The quantitative estimate of drug-likeness (QED) is 0.767. The lowest BCUT2D eigenvalue weighted by Gasteiger charge is -2.23. The van der Waals surface area contributed by atoms with Crippen molar-refractivity contribution in [1.82, 2.24) is 14.9 Å². The molecule has 0 aromatic carbocycles. The third-order valence-corrected chi connectivity index (χ3v) is 3.25. The summed E-state index contributed by atoms with van der Waals surface area (Å²) in [5.74, 6) is 0.686. The Morgan fingerprint density at radius 2 is 2.31 bits per heavy atom. The van der Waals surface area contributed by atoms with E-state index in [9.17, 15) is 0 Å². The van der Waals surface area contributed by atoms with E-state index < -0.39 is 0 Å². The molecule has 0 saturated carbocycles. The lowest BCUT2D eigenvalue weighted by atomic mass is 9.95. The van der Waals surface area contributed by atoms with Gasteiger partial charge in [0.2, 0.25) is 0 Å². The molecule has 1 fully saturated rings. The molecule has 1 aliphatic rings. The van der Waals surface area contributed by atoms with Crippen LogP contribution in [0.25, 0.3) is 0 Å². The number of nitrogens with zero attached hydrogens (tertiary/aromatic N) is 2. The van der Waals surface area contributed by atoms with E-state index in [1.54, 1.807) is 7.11 Å². The minimum atomic E-state index is 0.686. The number of hydrogen-bond acceptors (Lipinski definition) is 3. The lowest BCUT2D eigenvalue weighted by molar-refractivity contribution is 0.189. The summed E-state index contributed by atoms with van der Waals surface area (Å²) in [6.07, 6.45) is 7.51. The summed E-state index contributed by atoms with van der Waals surface area (Å²) in [6.45, 7) is 4.11. The van der Waals surface area contributed by atoms with Gasteiger partial charge in [0.25, 0.3) is 0 Å². The first-order valence-electron chi connectivity index (χ1n) is 6.11. The molecular weight excluding hydrogens is 202 g/mol. The van der Waals surface area contributed by atoms with Crippen LogP contribution in [-0.2, 0) is 11.3 Å². The second-order valence-corrected chi connectivity index (χ2v) is 4.38. The SMILES string of the molecule is COCCCn1cncc1C1CCNCC1. The average molecular weight is 223 g/mol. The molecular formula is C12H21N3O. The van der Waals surface area contributed by atoms with Gasteiger partial charge in [-0.25, -0.2) is 4.98 Å². The maximum Gasteiger partial charge on any atom is 0.0948 e. The number of ether oxygens (including phenoxy) is 1. The first-order chi connectivity index (χ1) is 7.92. The van der Waals surface area contributed by atoms with E-state index in [1.807, 2.05) is 12.5 Å². The summed E-state index contributed by atoms with van der Waals surface area (Å²) in [4.78, 5) is 4.28. The van der Waals surface area contributed by atoms with E-state index in [1.165, 1.54) is 18.5 Å². The van der Waals surface area contributed by atoms with Crippen molar-refractivity contribution >= 4 is 0 Å². The Hall–Kier alpha value is -0.870. The molecule has 0 aliphatic carbocycles. The van der Waals surface area contributed by atoms with Gasteiger partial charge in [0.15, 0.2) is 0 Å². The summed E-state index contributed by atoms with van der Waals surface area (Å²) >= 11 is 0. The number of imidazole rings is 1. The Balaban J connectivity index is 1.94. The minimum absolute atomic E-state index is 0.686. The number of piperidine rings is 1. The number of nitrogens with one attached hydrogen (secondary N) is 1. The number of aromatic nitrogens is 2. The van der Waals surface area contributed by atoms with E-state index in [-0.39, 0.29) is 0 Å². The number of rotatable bonds is 5. The first kappa shape index (κ1) is 11.6. The molecule has 0 bridgehead atoms. The van der Waals surface area contributed by atoms with Crippen LogP contribution in [0, 0.1) is 0 Å². The Labute approximate surface area is 97.0 Å². The van der Waals surface area contributed by atoms with Gasteiger partial charge in [0.1, 0.15) is 0 Å². The van der Waals surface area contributed by atoms with Gasteiger partial charge in [-0.05, 0) is 32.4 Å². The maximum atomic E-state index is 5.08. The van der Waals surface area contributed by atoms with Gasteiger partial charge in [0, 0.05) is 38.1 Å². The predicted octanol–water partition coefficient (Wildman–Crippen LogP) is 1.39. The molecule has 0 spiro atoms. The Bertz CT molecular complexity index is 305. The van der Waals surface area contributed by atoms with Gasteiger partial charge in [-0.2, -0.15) is 0 Å². The van der Waals surface area contributed by atoms with Crippen LogP contribution in [0.2, 0.25) is 0 Å². The fourth-order valence-electron chi connectivity index (χ4n) is 2.35. The highest BCUT2D eigenvalue weighted by molar-refractivity contribution is 5.07. The second kappa shape index (κ2) is 6.01. The Morgan fingerprint density at radius 1 is 1.50 bits per heavy atom. The monoisotopic (exact) mass is 223 g/mol. The van der Waals surface area contributed by atoms with Crippen LogP contribution < -0.4 is 5.32 Å². The number of hydrogen-bond donors (Lipinski definition) is 1. The van der Waals surface area contributed by atoms with E-state index >= 15 is 0 Å². The van der Waals surface area contributed by atoms with Crippen LogP contribution in [0.3, 0.4) is 0 Å². The van der Waals surface area contributed by atoms with Crippen molar-refractivity contribution in [1.29, 1.82) is 0 Å². The molecule has 90 valence electrons. The van der Waals surface area contributed by atoms with Gasteiger partial charge >= 0.3 is 0 Å². The molecule has 0 radical (unpaired) electrons. The van der Waals surface area contributed by atoms with Crippen molar-refractivity contribution in [3.05, 3.63) is 18.2 Å². The number of aryl methyl sites for hydroxylation is 1. The molecule has 16 heavy (non-hydrogen) atoms. The first-order valence-corrected chi connectivity index (χ1v) is 6.11. The molecule has 1 saturated heterocycles. The summed E-state index contributed by atoms with van der Waals surface area (Å²) < 4.78 is 7.37. The molecule has 0 amide bonds. The third kappa shape index (κ3) is 2.83. The zero-order valence-corrected chi connectivity index (χ0v) is 9.98. The fraction of sp³-hybridized carbons (Fsp3) is 0.750. The van der Waals surface area contributed by atoms with Crippen molar-refractivity contribution in [2.24, 2.45) is 0 Å². The molecule has 1 aromatic heterocycles. The van der Waals surface area contributed by atoms with E-state index in [2.05, 4.69) is 14.9 Å². The zero-order chi connectivity index (χ0) is 11.2. The van der Waals surface area contributed by atoms with Crippen LogP contribution in [0.5, 0.6) is 0 Å². The molecule has 4 heteroatoms. The summed E-state index contributed by atoms with van der Waals surface area (Å²) in [6, 6.07) is 0. The molecule has 4 nitrogen and oxygen atoms in total. The molecule has 2 rings (SSSR count). The van der Waals surface area contributed by atoms with E-state index in [4.69, 9.17) is 4.74 Å². The zero-order valence-electron chi connectivity index (χ0n) is 9.98.